The van der Waals surface area contributed by atoms with Crippen molar-refractivity contribution in [2.24, 2.45) is 5.41 Å². The second kappa shape index (κ2) is 5.63. The third kappa shape index (κ3) is 2.79. The van der Waals surface area contributed by atoms with Crippen molar-refractivity contribution in [2.75, 3.05) is 6.54 Å². The fourth-order valence-electron chi connectivity index (χ4n) is 2.16. The molecule has 1 atom stereocenters. The molecule has 1 amide bonds. The zero-order chi connectivity index (χ0) is 13.9. The molecule has 0 saturated carbocycles. The van der Waals surface area contributed by atoms with Crippen LogP contribution in [0.25, 0.3) is 0 Å². The summed E-state index contributed by atoms with van der Waals surface area (Å²) < 4.78 is 0. The largest absolute Gasteiger partial charge is 0.326 e. The summed E-state index contributed by atoms with van der Waals surface area (Å²) in [5.41, 5.74) is -0.639. The summed E-state index contributed by atoms with van der Waals surface area (Å²) in [6.07, 6.45) is 2.54. The third-order valence-corrected chi connectivity index (χ3v) is 3.93. The molecule has 4 nitrogen and oxygen atoms in total. The van der Waals surface area contributed by atoms with Crippen LogP contribution in [0.5, 0.6) is 0 Å². The quantitative estimate of drug-likeness (QED) is 0.704. The Kier molecular flexibility index (Phi) is 4.65. The average molecular weight is 253 g/mol. The van der Waals surface area contributed by atoms with Crippen molar-refractivity contribution >= 4 is 17.5 Å². The fourth-order valence-corrected chi connectivity index (χ4v) is 2.16. The van der Waals surface area contributed by atoms with Crippen LogP contribution in [-0.2, 0) is 14.4 Å². The first-order valence-electron chi connectivity index (χ1n) is 6.73. The molecule has 102 valence electrons. The summed E-state index contributed by atoms with van der Waals surface area (Å²) in [6.45, 7) is 7.77. The molecule has 18 heavy (non-hydrogen) atoms. The zero-order valence-electron chi connectivity index (χ0n) is 11.8. The van der Waals surface area contributed by atoms with Crippen LogP contribution in [0.1, 0.15) is 53.4 Å². The van der Waals surface area contributed by atoms with Crippen LogP contribution in [0.15, 0.2) is 0 Å². The lowest BCUT2D eigenvalue weighted by atomic mass is 9.84. The first-order chi connectivity index (χ1) is 8.35. The van der Waals surface area contributed by atoms with E-state index in [4.69, 9.17) is 0 Å². The number of amides is 1. The van der Waals surface area contributed by atoms with E-state index in [9.17, 15) is 14.4 Å². The van der Waals surface area contributed by atoms with Crippen LogP contribution in [0.4, 0.5) is 0 Å². The Labute approximate surface area is 109 Å². The Morgan fingerprint density at radius 1 is 1.22 bits per heavy atom. The smallest absolute Gasteiger partial charge is 0.291 e. The minimum absolute atomic E-state index is 0.0583. The Balaban J connectivity index is 2.84. The van der Waals surface area contributed by atoms with Crippen molar-refractivity contribution in [1.29, 1.82) is 0 Å². The molecule has 0 unspecified atom stereocenters. The van der Waals surface area contributed by atoms with Crippen LogP contribution in [0.2, 0.25) is 0 Å². The number of carbonyl (C=O) groups is 3. The molecule has 1 aliphatic rings. The average Bonchev–Trinajstić information content (AvgIpc) is 2.85. The maximum absolute atomic E-state index is 12.2. The monoisotopic (exact) mass is 253 g/mol. The van der Waals surface area contributed by atoms with Crippen LogP contribution in [0.3, 0.4) is 0 Å². The van der Waals surface area contributed by atoms with E-state index in [2.05, 4.69) is 0 Å². The summed E-state index contributed by atoms with van der Waals surface area (Å²) >= 11 is 0. The Morgan fingerprint density at radius 3 is 2.33 bits per heavy atom. The van der Waals surface area contributed by atoms with Gasteiger partial charge in [-0.05, 0) is 19.3 Å². The summed E-state index contributed by atoms with van der Waals surface area (Å²) in [6, 6.07) is -0.376. The zero-order valence-corrected chi connectivity index (χ0v) is 11.8. The summed E-state index contributed by atoms with van der Waals surface area (Å²) in [5.74, 6) is -0.796. The lowest BCUT2D eigenvalue weighted by Crippen LogP contribution is -2.47. The second-order valence-corrected chi connectivity index (χ2v) is 5.54. The highest BCUT2D eigenvalue weighted by atomic mass is 16.2. The number of Topliss-reactive ketones (excluding diaryl/α,β-unsaturated/α-hetero) is 2. The maximum atomic E-state index is 12.2. The van der Waals surface area contributed by atoms with Gasteiger partial charge in [0.05, 0.1) is 6.04 Å². The Hall–Kier alpha value is -1.19. The number of hydrogen-bond donors (Lipinski definition) is 0. The standard InChI is InChI=1S/C14H23NO3/c1-5-11(16)10-8-7-9-15(10)13(18)12(17)14(3,4)6-2/h10H,5-9H2,1-4H3/t10-/m0/s1. The van der Waals surface area contributed by atoms with Gasteiger partial charge in [0, 0.05) is 18.4 Å². The van der Waals surface area contributed by atoms with Crippen molar-refractivity contribution in [3.8, 4) is 0 Å². The minimum atomic E-state index is -0.639. The SMILES string of the molecule is CCC(=O)[C@@H]1CCCN1C(=O)C(=O)C(C)(C)CC. The molecule has 0 radical (unpaired) electrons. The number of likely N-dealkylation sites (tertiary alicyclic amines) is 1. The molecule has 0 bridgehead atoms. The molecule has 0 aliphatic carbocycles. The molecule has 1 aliphatic heterocycles. The summed E-state index contributed by atoms with van der Waals surface area (Å²) in [5, 5.41) is 0. The van der Waals surface area contributed by atoms with Crippen molar-refractivity contribution in [3.05, 3.63) is 0 Å². The molecule has 1 rings (SSSR count). The predicted molar refractivity (Wildman–Crippen MR) is 69.1 cm³/mol. The van der Waals surface area contributed by atoms with Gasteiger partial charge in [-0.3, -0.25) is 14.4 Å². The molecule has 0 aromatic carbocycles. The van der Waals surface area contributed by atoms with Gasteiger partial charge in [-0.25, -0.2) is 0 Å². The third-order valence-electron chi connectivity index (χ3n) is 3.93. The molecular formula is C14H23NO3. The van der Waals surface area contributed by atoms with Crippen molar-refractivity contribution in [3.63, 3.8) is 0 Å². The van der Waals surface area contributed by atoms with E-state index in [0.717, 1.165) is 6.42 Å². The number of rotatable bonds is 5. The van der Waals surface area contributed by atoms with Gasteiger partial charge in [0.1, 0.15) is 0 Å². The molecule has 1 fully saturated rings. The number of ketones is 2. The van der Waals surface area contributed by atoms with E-state index >= 15 is 0 Å². The van der Waals surface area contributed by atoms with Gasteiger partial charge < -0.3 is 4.90 Å². The molecule has 1 heterocycles. The van der Waals surface area contributed by atoms with E-state index in [1.165, 1.54) is 4.90 Å². The number of carbonyl (C=O) groups excluding carboxylic acids is 3. The predicted octanol–water partition coefficient (Wildman–Crippen LogP) is 1.96. The highest BCUT2D eigenvalue weighted by Gasteiger charge is 2.40. The van der Waals surface area contributed by atoms with Crippen LogP contribution < -0.4 is 0 Å². The van der Waals surface area contributed by atoms with Crippen molar-refractivity contribution in [1.82, 2.24) is 4.90 Å². The lowest BCUT2D eigenvalue weighted by molar-refractivity contribution is -0.151. The van der Waals surface area contributed by atoms with E-state index in [-0.39, 0.29) is 17.6 Å². The Bertz CT molecular complexity index is 360. The van der Waals surface area contributed by atoms with Crippen LogP contribution in [-0.4, -0.2) is 35.0 Å². The van der Waals surface area contributed by atoms with Gasteiger partial charge in [0.2, 0.25) is 5.78 Å². The summed E-state index contributed by atoms with van der Waals surface area (Å²) in [7, 11) is 0. The normalized spacial score (nSPS) is 20.0. The molecule has 4 heteroatoms. The van der Waals surface area contributed by atoms with Crippen LogP contribution >= 0.6 is 0 Å². The number of nitrogens with zero attached hydrogens (tertiary/aromatic N) is 1. The van der Waals surface area contributed by atoms with E-state index in [0.29, 0.717) is 25.8 Å². The first kappa shape index (κ1) is 14.9. The van der Waals surface area contributed by atoms with Gasteiger partial charge in [-0.1, -0.05) is 27.7 Å². The molecule has 0 aromatic rings. The van der Waals surface area contributed by atoms with E-state index in [1.54, 1.807) is 20.8 Å². The highest BCUT2D eigenvalue weighted by molar-refractivity contribution is 6.38. The van der Waals surface area contributed by atoms with Crippen LogP contribution in [0, 0.1) is 5.41 Å². The molecule has 0 N–H and O–H groups in total. The lowest BCUT2D eigenvalue weighted by Gasteiger charge is -2.27. The minimum Gasteiger partial charge on any atom is -0.326 e. The first-order valence-corrected chi connectivity index (χ1v) is 6.73. The molecule has 1 saturated heterocycles. The number of hydrogen-bond acceptors (Lipinski definition) is 3. The van der Waals surface area contributed by atoms with Gasteiger partial charge in [-0.15, -0.1) is 0 Å². The maximum Gasteiger partial charge on any atom is 0.291 e. The fraction of sp³-hybridized carbons (Fsp3) is 0.786. The molecular weight excluding hydrogens is 230 g/mol. The highest BCUT2D eigenvalue weighted by Crippen LogP contribution is 2.26. The second-order valence-electron chi connectivity index (χ2n) is 5.54. The molecule has 0 spiro atoms. The van der Waals surface area contributed by atoms with E-state index < -0.39 is 11.3 Å². The van der Waals surface area contributed by atoms with Gasteiger partial charge in [-0.2, -0.15) is 0 Å². The summed E-state index contributed by atoms with van der Waals surface area (Å²) in [4.78, 5) is 37.6. The Morgan fingerprint density at radius 2 is 1.83 bits per heavy atom. The van der Waals surface area contributed by atoms with Gasteiger partial charge >= 0.3 is 0 Å². The molecule has 0 aromatic heterocycles. The topological polar surface area (TPSA) is 54.5 Å². The van der Waals surface area contributed by atoms with Gasteiger partial charge in [0.15, 0.2) is 5.78 Å². The van der Waals surface area contributed by atoms with Crippen molar-refractivity contribution < 1.29 is 14.4 Å². The van der Waals surface area contributed by atoms with Crippen molar-refractivity contribution in [2.45, 2.75) is 59.4 Å². The van der Waals surface area contributed by atoms with Gasteiger partial charge in [0.25, 0.3) is 5.91 Å². The van der Waals surface area contributed by atoms with E-state index in [1.807, 2.05) is 6.92 Å².